The number of carbonyl (C=O) groups is 2. The highest BCUT2D eigenvalue weighted by Gasteiger charge is 2.26. The number of benzene rings is 1. The summed E-state index contributed by atoms with van der Waals surface area (Å²) in [6.07, 6.45) is 2.52. The molecule has 0 spiro atoms. The van der Waals surface area contributed by atoms with Crippen molar-refractivity contribution in [3.05, 3.63) is 33.4 Å². The van der Waals surface area contributed by atoms with E-state index >= 15 is 0 Å². The van der Waals surface area contributed by atoms with Crippen LogP contribution in [0.2, 0.25) is 0 Å². The lowest BCUT2D eigenvalue weighted by Crippen LogP contribution is -2.30. The Kier molecular flexibility index (Phi) is 4.15. The molecule has 1 aromatic carbocycles. The van der Waals surface area contributed by atoms with E-state index < -0.39 is 12.1 Å². The Balaban J connectivity index is 2.06. The Labute approximate surface area is 114 Å². The predicted octanol–water partition coefficient (Wildman–Crippen LogP) is 2.96. The summed E-state index contributed by atoms with van der Waals surface area (Å²) in [4.78, 5) is 23.5. The van der Waals surface area contributed by atoms with E-state index in [4.69, 9.17) is 4.74 Å². The summed E-state index contributed by atoms with van der Waals surface area (Å²) >= 11 is 2.09. The van der Waals surface area contributed by atoms with Crippen molar-refractivity contribution in [1.29, 1.82) is 0 Å². The smallest absolute Gasteiger partial charge is 0.339 e. The lowest BCUT2D eigenvalue weighted by Gasteiger charge is -2.20. The Morgan fingerprint density at radius 1 is 1.29 bits per heavy atom. The molecule has 1 saturated carbocycles. The molecule has 0 aromatic heterocycles. The molecule has 0 N–H and O–H groups in total. The third-order valence-electron chi connectivity index (χ3n) is 2.84. The lowest BCUT2D eigenvalue weighted by molar-refractivity contribution is -0.129. The van der Waals surface area contributed by atoms with Gasteiger partial charge in [-0.05, 0) is 54.0 Å². The van der Waals surface area contributed by atoms with Gasteiger partial charge >= 0.3 is 5.97 Å². The molecule has 0 bridgehead atoms. The van der Waals surface area contributed by atoms with Crippen LogP contribution in [0, 0.1) is 3.57 Å². The fraction of sp³-hybridized carbons (Fsp3) is 0.385. The molecule has 0 saturated heterocycles. The van der Waals surface area contributed by atoms with Gasteiger partial charge in [-0.3, -0.25) is 4.79 Å². The van der Waals surface area contributed by atoms with Crippen molar-refractivity contribution < 1.29 is 14.3 Å². The number of Topliss-reactive ketones (excluding diaryl/α,β-unsaturated/α-hetero) is 1. The van der Waals surface area contributed by atoms with E-state index in [1.54, 1.807) is 12.1 Å². The fourth-order valence-electron chi connectivity index (χ4n) is 1.90. The van der Waals surface area contributed by atoms with Crippen LogP contribution in [0.1, 0.15) is 36.0 Å². The number of halogens is 1. The summed E-state index contributed by atoms with van der Waals surface area (Å²) in [6, 6.07) is 7.23. The van der Waals surface area contributed by atoms with Crippen molar-refractivity contribution in [2.24, 2.45) is 0 Å². The van der Waals surface area contributed by atoms with Crippen LogP contribution < -0.4 is 0 Å². The molecule has 0 heterocycles. The maximum Gasteiger partial charge on any atom is 0.339 e. The van der Waals surface area contributed by atoms with Gasteiger partial charge < -0.3 is 4.74 Å². The van der Waals surface area contributed by atoms with Crippen LogP contribution in [0.3, 0.4) is 0 Å². The summed E-state index contributed by atoms with van der Waals surface area (Å²) in [6.45, 7) is 0. The number of ether oxygens (including phenoxy) is 1. The van der Waals surface area contributed by atoms with Gasteiger partial charge in [0.1, 0.15) is 0 Å². The molecule has 17 heavy (non-hydrogen) atoms. The molecule has 90 valence electrons. The number of rotatable bonds is 2. The van der Waals surface area contributed by atoms with E-state index in [0.29, 0.717) is 18.4 Å². The largest absolute Gasteiger partial charge is 0.451 e. The zero-order valence-corrected chi connectivity index (χ0v) is 11.5. The van der Waals surface area contributed by atoms with Crippen LogP contribution in [0.15, 0.2) is 24.3 Å². The van der Waals surface area contributed by atoms with E-state index in [1.807, 2.05) is 12.1 Å². The molecule has 1 aliphatic rings. The van der Waals surface area contributed by atoms with Crippen LogP contribution >= 0.6 is 22.6 Å². The second kappa shape index (κ2) is 5.62. The molecule has 3 nitrogen and oxygen atoms in total. The van der Waals surface area contributed by atoms with Gasteiger partial charge in [0.25, 0.3) is 0 Å². The van der Waals surface area contributed by atoms with Gasteiger partial charge in [-0.2, -0.15) is 0 Å². The van der Waals surface area contributed by atoms with Crippen LogP contribution in [0.4, 0.5) is 0 Å². The highest BCUT2D eigenvalue weighted by atomic mass is 127. The topological polar surface area (TPSA) is 43.4 Å². The maximum atomic E-state index is 11.9. The molecule has 0 aliphatic heterocycles. The molecule has 1 aliphatic carbocycles. The number of hydrogen-bond acceptors (Lipinski definition) is 3. The third kappa shape index (κ3) is 3.06. The van der Waals surface area contributed by atoms with Crippen molar-refractivity contribution >= 4 is 34.3 Å². The normalized spacial score (nSPS) is 20.1. The molecule has 4 heteroatoms. The molecular formula is C13H13IO3. The van der Waals surface area contributed by atoms with Crippen molar-refractivity contribution in [2.75, 3.05) is 0 Å². The first-order valence-electron chi connectivity index (χ1n) is 5.66. The van der Waals surface area contributed by atoms with Gasteiger partial charge in [0.15, 0.2) is 11.9 Å². The minimum absolute atomic E-state index is 0.0514. The summed E-state index contributed by atoms with van der Waals surface area (Å²) in [5.74, 6) is -0.342. The minimum atomic E-state index is -0.535. The molecule has 0 unspecified atom stereocenters. The van der Waals surface area contributed by atoms with Crippen LogP contribution in [-0.2, 0) is 9.53 Å². The van der Waals surface area contributed by atoms with Crippen molar-refractivity contribution in [3.63, 3.8) is 0 Å². The molecule has 1 aromatic rings. The van der Waals surface area contributed by atoms with Crippen LogP contribution in [-0.4, -0.2) is 17.9 Å². The Morgan fingerprint density at radius 2 is 2.06 bits per heavy atom. The molecule has 2 rings (SSSR count). The highest BCUT2D eigenvalue weighted by Crippen LogP contribution is 2.20. The van der Waals surface area contributed by atoms with E-state index in [2.05, 4.69) is 22.6 Å². The first-order valence-corrected chi connectivity index (χ1v) is 6.74. The maximum absolute atomic E-state index is 11.9. The van der Waals surface area contributed by atoms with Gasteiger partial charge in [0.05, 0.1) is 5.56 Å². The molecule has 1 fully saturated rings. The summed E-state index contributed by atoms with van der Waals surface area (Å²) in [5, 5.41) is 0. The fourth-order valence-corrected chi connectivity index (χ4v) is 2.50. The third-order valence-corrected chi connectivity index (χ3v) is 3.78. The zero-order chi connectivity index (χ0) is 12.3. The second-order valence-corrected chi connectivity index (χ2v) is 5.25. The van der Waals surface area contributed by atoms with Gasteiger partial charge in [0.2, 0.25) is 0 Å². The average Bonchev–Trinajstić information content (AvgIpc) is 2.32. The lowest BCUT2D eigenvalue weighted by atomic mass is 9.96. The SMILES string of the molecule is O=C(O[C@H]1CCCCC1=O)c1ccccc1I. The van der Waals surface area contributed by atoms with E-state index in [9.17, 15) is 9.59 Å². The first kappa shape index (κ1) is 12.5. The summed E-state index contributed by atoms with van der Waals surface area (Å²) in [5.41, 5.74) is 0.534. The van der Waals surface area contributed by atoms with Crippen LogP contribution in [0.25, 0.3) is 0 Å². The molecule has 1 atom stereocenters. The first-order chi connectivity index (χ1) is 8.18. The number of hydrogen-bond donors (Lipinski definition) is 0. The summed E-state index contributed by atoms with van der Waals surface area (Å²) < 4.78 is 6.12. The van der Waals surface area contributed by atoms with E-state index in [1.165, 1.54) is 0 Å². The van der Waals surface area contributed by atoms with Crippen molar-refractivity contribution in [2.45, 2.75) is 31.8 Å². The van der Waals surface area contributed by atoms with Crippen molar-refractivity contribution in [1.82, 2.24) is 0 Å². The van der Waals surface area contributed by atoms with Crippen molar-refractivity contribution in [3.8, 4) is 0 Å². The quantitative estimate of drug-likeness (QED) is 0.612. The van der Waals surface area contributed by atoms with E-state index in [0.717, 1.165) is 16.4 Å². The number of ketones is 1. The molecule has 0 amide bonds. The van der Waals surface area contributed by atoms with Gasteiger partial charge in [-0.25, -0.2) is 4.79 Å². The van der Waals surface area contributed by atoms with Gasteiger partial charge in [-0.1, -0.05) is 12.1 Å². The number of carbonyl (C=O) groups excluding carboxylic acids is 2. The monoisotopic (exact) mass is 344 g/mol. The molecule has 0 radical (unpaired) electrons. The van der Waals surface area contributed by atoms with Gasteiger partial charge in [-0.15, -0.1) is 0 Å². The highest BCUT2D eigenvalue weighted by molar-refractivity contribution is 14.1. The Hall–Kier alpha value is -0.910. The number of esters is 1. The molecular weight excluding hydrogens is 331 g/mol. The zero-order valence-electron chi connectivity index (χ0n) is 9.32. The van der Waals surface area contributed by atoms with E-state index in [-0.39, 0.29) is 5.78 Å². The Morgan fingerprint density at radius 3 is 2.76 bits per heavy atom. The van der Waals surface area contributed by atoms with Crippen LogP contribution in [0.5, 0.6) is 0 Å². The standard InChI is InChI=1S/C13H13IO3/c14-10-6-2-1-5-9(10)13(16)17-12-8-4-3-7-11(12)15/h1-2,5-6,12H,3-4,7-8H2/t12-/m0/s1. The summed E-state index contributed by atoms with van der Waals surface area (Å²) in [7, 11) is 0. The predicted molar refractivity (Wildman–Crippen MR) is 71.8 cm³/mol. The Bertz CT molecular complexity index is 442. The minimum Gasteiger partial charge on any atom is -0.451 e. The van der Waals surface area contributed by atoms with Gasteiger partial charge in [0, 0.05) is 9.99 Å². The second-order valence-electron chi connectivity index (χ2n) is 4.09. The average molecular weight is 344 g/mol.